The van der Waals surface area contributed by atoms with E-state index in [1.54, 1.807) is 43.3 Å². The molecule has 0 fully saturated rings. The Hall–Kier alpha value is -5.82. The molecule has 0 bridgehead atoms. The van der Waals surface area contributed by atoms with Crippen LogP contribution in [0.3, 0.4) is 0 Å². The van der Waals surface area contributed by atoms with E-state index >= 15 is 0 Å². The Balaban J connectivity index is 1.32. The molecule has 2 aromatic heterocycles. The third kappa shape index (κ3) is 11.8. The minimum atomic E-state index is -1.10. The quantitative estimate of drug-likeness (QED) is 0.0306. The first-order chi connectivity index (χ1) is 27.0. The fraction of sp³-hybridized carbons (Fsp3) is 0.395. The zero-order chi connectivity index (χ0) is 40.6. The number of ether oxygens (including phenoxy) is 5. The lowest BCUT2D eigenvalue weighted by molar-refractivity contribution is -0.0665. The lowest BCUT2D eigenvalue weighted by atomic mass is 9.88. The van der Waals surface area contributed by atoms with Crippen LogP contribution in [-0.4, -0.2) is 67.5 Å². The number of carbonyl (C=O) groups excluding carboxylic acids is 6. The maximum Gasteiger partial charge on any atom is 0.339 e. The van der Waals surface area contributed by atoms with Gasteiger partial charge in [-0.3, -0.25) is 9.59 Å². The first-order valence-electron chi connectivity index (χ1n) is 18.6. The molecule has 0 spiro atoms. The van der Waals surface area contributed by atoms with Crippen molar-refractivity contribution < 1.29 is 61.3 Å². The van der Waals surface area contributed by atoms with Crippen molar-refractivity contribution >= 4 is 36.4 Å². The largest absolute Gasteiger partial charge is 0.460 e. The standard InChI is InChI=1S/C43H48O13/c1-5-21-42(4,55-40(48)36-14-10-9-13-35(36)39(47)52-28-33-19-18-32(27-45)54-33)29-50-24-25-51-38(46)34-12-8-11-15-37(34)41(49)56-43(7-3,22-6-2)23-20-30-16-17-31(26-44)53-30/h8-19,26-27H,5-7,20-25,28-29H2,1-4H3. The zero-order valence-electron chi connectivity index (χ0n) is 32.2. The summed E-state index contributed by atoms with van der Waals surface area (Å²) in [6.07, 6.45) is 5.02. The Morgan fingerprint density at radius 3 is 1.66 bits per heavy atom. The van der Waals surface area contributed by atoms with Crippen LogP contribution in [0.25, 0.3) is 0 Å². The van der Waals surface area contributed by atoms with Crippen molar-refractivity contribution in [2.75, 3.05) is 19.8 Å². The number of rotatable bonds is 23. The van der Waals surface area contributed by atoms with Crippen LogP contribution >= 0.6 is 0 Å². The number of esters is 4. The van der Waals surface area contributed by atoms with E-state index in [1.165, 1.54) is 36.4 Å². The van der Waals surface area contributed by atoms with E-state index in [4.69, 9.17) is 32.5 Å². The zero-order valence-corrected chi connectivity index (χ0v) is 32.2. The monoisotopic (exact) mass is 772 g/mol. The van der Waals surface area contributed by atoms with Gasteiger partial charge in [-0.25, -0.2) is 19.2 Å². The SMILES string of the molecule is CCCC(C)(COCCOC(=O)c1ccccc1C(=O)OC(CC)(CCC)CCc1ccc(C=O)o1)OC(=O)c1ccccc1C(=O)OCc1ccc(C=O)o1. The summed E-state index contributed by atoms with van der Waals surface area (Å²) in [4.78, 5) is 75.0. The second-order valence-corrected chi connectivity index (χ2v) is 13.5. The predicted molar refractivity (Wildman–Crippen MR) is 202 cm³/mol. The maximum absolute atomic E-state index is 13.6. The van der Waals surface area contributed by atoms with E-state index in [-0.39, 0.29) is 66.0 Å². The highest BCUT2D eigenvalue weighted by Crippen LogP contribution is 2.31. The molecule has 0 aliphatic carbocycles. The highest BCUT2D eigenvalue weighted by atomic mass is 16.6. The summed E-state index contributed by atoms with van der Waals surface area (Å²) in [7, 11) is 0. The average molecular weight is 773 g/mol. The van der Waals surface area contributed by atoms with Gasteiger partial charge in [-0.1, -0.05) is 57.9 Å². The molecule has 2 heterocycles. The molecule has 56 heavy (non-hydrogen) atoms. The van der Waals surface area contributed by atoms with Crippen molar-refractivity contribution in [1.29, 1.82) is 0 Å². The van der Waals surface area contributed by atoms with E-state index in [9.17, 15) is 28.8 Å². The molecule has 4 rings (SSSR count). The summed E-state index contributed by atoms with van der Waals surface area (Å²) in [5.41, 5.74) is -1.83. The summed E-state index contributed by atoms with van der Waals surface area (Å²) in [6, 6.07) is 18.6. The van der Waals surface area contributed by atoms with Crippen LogP contribution in [0.1, 0.15) is 140 Å². The molecule has 0 aliphatic heterocycles. The van der Waals surface area contributed by atoms with Gasteiger partial charge in [0, 0.05) is 6.42 Å². The van der Waals surface area contributed by atoms with Gasteiger partial charge in [-0.05, 0) is 81.1 Å². The molecule has 13 heteroatoms. The van der Waals surface area contributed by atoms with Crippen molar-refractivity contribution in [2.24, 2.45) is 0 Å². The smallest absolute Gasteiger partial charge is 0.339 e. The number of furan rings is 2. The summed E-state index contributed by atoms with van der Waals surface area (Å²) < 4.78 is 39.3. The fourth-order valence-corrected chi connectivity index (χ4v) is 6.25. The highest BCUT2D eigenvalue weighted by Gasteiger charge is 2.34. The Morgan fingerprint density at radius 2 is 1.12 bits per heavy atom. The van der Waals surface area contributed by atoms with E-state index < -0.39 is 35.1 Å². The van der Waals surface area contributed by atoms with E-state index in [0.717, 1.165) is 6.42 Å². The van der Waals surface area contributed by atoms with Gasteiger partial charge in [0.2, 0.25) is 0 Å². The van der Waals surface area contributed by atoms with Gasteiger partial charge in [0.05, 0.1) is 35.5 Å². The molecule has 2 unspecified atom stereocenters. The molecule has 2 atom stereocenters. The summed E-state index contributed by atoms with van der Waals surface area (Å²) in [5.74, 6) is -1.74. The minimum absolute atomic E-state index is 0.00412. The van der Waals surface area contributed by atoms with Crippen molar-refractivity contribution in [1.82, 2.24) is 0 Å². The molecule has 0 radical (unpaired) electrons. The van der Waals surface area contributed by atoms with Crippen molar-refractivity contribution in [3.8, 4) is 0 Å². The molecule has 2 aromatic carbocycles. The number of hydrogen-bond acceptors (Lipinski definition) is 13. The third-order valence-electron chi connectivity index (χ3n) is 9.15. The van der Waals surface area contributed by atoms with Crippen LogP contribution in [0.15, 0.2) is 81.6 Å². The highest BCUT2D eigenvalue weighted by molar-refractivity contribution is 6.04. The van der Waals surface area contributed by atoms with Gasteiger partial charge in [-0.2, -0.15) is 0 Å². The molecule has 4 aromatic rings. The number of benzene rings is 2. The number of aryl methyl sites for hydroxylation is 1. The average Bonchev–Trinajstić information content (AvgIpc) is 3.88. The Kier molecular flexibility index (Phi) is 15.9. The molecule has 13 nitrogen and oxygen atoms in total. The molecule has 0 saturated heterocycles. The summed E-state index contributed by atoms with van der Waals surface area (Å²) >= 11 is 0. The van der Waals surface area contributed by atoms with Crippen LogP contribution in [0.4, 0.5) is 0 Å². The lowest BCUT2D eigenvalue weighted by Gasteiger charge is -2.32. The third-order valence-corrected chi connectivity index (χ3v) is 9.15. The Labute approximate surface area is 325 Å². The van der Waals surface area contributed by atoms with Crippen LogP contribution in [0.2, 0.25) is 0 Å². The van der Waals surface area contributed by atoms with Crippen molar-refractivity contribution in [2.45, 2.75) is 90.4 Å². The normalized spacial score (nSPS) is 13.1. The van der Waals surface area contributed by atoms with Gasteiger partial charge >= 0.3 is 23.9 Å². The molecule has 0 amide bonds. The lowest BCUT2D eigenvalue weighted by Crippen LogP contribution is -2.37. The topological polar surface area (TPSA) is 175 Å². The molecule has 298 valence electrons. The summed E-state index contributed by atoms with van der Waals surface area (Å²) in [6.45, 7) is 7.08. The molecular weight excluding hydrogens is 724 g/mol. The molecule has 0 saturated carbocycles. The molecule has 0 aliphatic rings. The van der Waals surface area contributed by atoms with E-state index in [1.807, 2.05) is 20.8 Å². The molecule has 0 N–H and O–H groups in total. The van der Waals surface area contributed by atoms with Gasteiger partial charge in [0.15, 0.2) is 24.1 Å². The Morgan fingerprint density at radius 1 is 0.607 bits per heavy atom. The van der Waals surface area contributed by atoms with Gasteiger partial charge in [0.1, 0.15) is 35.9 Å². The maximum atomic E-state index is 13.6. The van der Waals surface area contributed by atoms with E-state index in [2.05, 4.69) is 0 Å². The van der Waals surface area contributed by atoms with Gasteiger partial charge in [0.25, 0.3) is 0 Å². The Bertz CT molecular complexity index is 1960. The number of carbonyl (C=O) groups is 6. The molecular formula is C43H48O13. The van der Waals surface area contributed by atoms with Crippen molar-refractivity contribution in [3.63, 3.8) is 0 Å². The second kappa shape index (κ2) is 20.7. The van der Waals surface area contributed by atoms with Crippen molar-refractivity contribution in [3.05, 3.63) is 118 Å². The number of aldehydes is 2. The second-order valence-electron chi connectivity index (χ2n) is 13.5. The predicted octanol–water partition coefficient (Wildman–Crippen LogP) is 8.18. The van der Waals surface area contributed by atoms with E-state index in [0.29, 0.717) is 56.9 Å². The first-order valence-corrected chi connectivity index (χ1v) is 18.6. The van der Waals surface area contributed by atoms with Gasteiger partial charge in [-0.15, -0.1) is 0 Å². The van der Waals surface area contributed by atoms with Crippen LogP contribution < -0.4 is 0 Å². The van der Waals surface area contributed by atoms with Gasteiger partial charge < -0.3 is 32.5 Å². The summed E-state index contributed by atoms with van der Waals surface area (Å²) in [5, 5.41) is 0. The number of hydrogen-bond donors (Lipinski definition) is 0. The first kappa shape index (κ1) is 42.9. The fourth-order valence-electron chi connectivity index (χ4n) is 6.25. The van der Waals surface area contributed by atoms with Crippen LogP contribution in [-0.2, 0) is 36.7 Å². The van der Waals surface area contributed by atoms with Crippen LogP contribution in [0.5, 0.6) is 0 Å². The van der Waals surface area contributed by atoms with Crippen LogP contribution in [0, 0.1) is 0 Å². The minimum Gasteiger partial charge on any atom is -0.460 e.